The first-order valence-electron chi connectivity index (χ1n) is 10.4. The van der Waals surface area contributed by atoms with Gasteiger partial charge < -0.3 is 9.84 Å². The van der Waals surface area contributed by atoms with Crippen LogP contribution in [0.5, 0.6) is 0 Å². The number of ether oxygens (including phenoxy) is 1. The molecule has 0 spiro atoms. The smallest absolute Gasteiger partial charge is 0.307 e. The number of hydrogen-bond acceptors (Lipinski definition) is 3. The van der Waals surface area contributed by atoms with Gasteiger partial charge in [-0.15, -0.1) is 0 Å². The summed E-state index contributed by atoms with van der Waals surface area (Å²) in [5, 5.41) is 9.70. The first-order valence-corrected chi connectivity index (χ1v) is 10.4. The molecule has 4 rings (SSSR count). The van der Waals surface area contributed by atoms with Crippen LogP contribution < -0.4 is 0 Å². The van der Waals surface area contributed by atoms with E-state index in [-0.39, 0.29) is 28.8 Å². The van der Waals surface area contributed by atoms with Crippen LogP contribution in [0.3, 0.4) is 0 Å². The highest BCUT2D eigenvalue weighted by Gasteiger charge is 2.60. The maximum absolute atomic E-state index is 11.8. The molecule has 0 aromatic heterocycles. The second-order valence-corrected chi connectivity index (χ2v) is 9.75. The topological polar surface area (TPSA) is 63.6 Å². The number of aliphatic carboxylic acids is 1. The maximum Gasteiger partial charge on any atom is 0.307 e. The highest BCUT2D eigenvalue weighted by Crippen LogP contribution is 2.66. The molecule has 4 heteroatoms. The van der Waals surface area contributed by atoms with Gasteiger partial charge in [-0.25, -0.2) is 0 Å². The van der Waals surface area contributed by atoms with Crippen LogP contribution in [0, 0.1) is 34.5 Å². The van der Waals surface area contributed by atoms with E-state index in [1.54, 1.807) is 0 Å². The Balaban J connectivity index is 1.59. The molecule has 0 aliphatic heterocycles. The van der Waals surface area contributed by atoms with Crippen LogP contribution >= 0.6 is 0 Å². The van der Waals surface area contributed by atoms with E-state index in [4.69, 9.17) is 4.74 Å². The monoisotopic (exact) mass is 360 g/mol. The van der Waals surface area contributed by atoms with E-state index in [0.29, 0.717) is 17.8 Å². The molecule has 0 radical (unpaired) electrons. The predicted octanol–water partition coefficient (Wildman–Crippen LogP) is 4.58. The van der Waals surface area contributed by atoms with E-state index < -0.39 is 5.97 Å². The van der Waals surface area contributed by atoms with E-state index in [0.717, 1.165) is 51.4 Å². The summed E-state index contributed by atoms with van der Waals surface area (Å²) in [6.07, 6.45) is 10.6. The summed E-state index contributed by atoms with van der Waals surface area (Å²) in [5.41, 5.74) is 1.68. The van der Waals surface area contributed by atoms with E-state index >= 15 is 0 Å². The number of fused-ring (bicyclic) bond motifs is 5. The van der Waals surface area contributed by atoms with Gasteiger partial charge in [0.05, 0.1) is 5.92 Å². The van der Waals surface area contributed by atoms with Crippen molar-refractivity contribution in [1.29, 1.82) is 0 Å². The molecule has 0 unspecified atom stereocenters. The van der Waals surface area contributed by atoms with Crippen molar-refractivity contribution in [1.82, 2.24) is 0 Å². The molecule has 3 saturated carbocycles. The van der Waals surface area contributed by atoms with E-state index in [1.807, 2.05) is 0 Å². The summed E-state index contributed by atoms with van der Waals surface area (Å²) in [5.74, 6) is 0.901. The van der Waals surface area contributed by atoms with Gasteiger partial charge in [-0.2, -0.15) is 0 Å². The first kappa shape index (κ1) is 18.1. The third-order valence-electron chi connectivity index (χ3n) is 8.69. The molecular formula is C22H32O4. The minimum absolute atomic E-state index is 0.0242. The largest absolute Gasteiger partial charge is 0.481 e. The number of allylic oxidation sites excluding steroid dienone is 1. The minimum atomic E-state index is -0.589. The number of carbonyl (C=O) groups is 2. The van der Waals surface area contributed by atoms with Gasteiger partial charge in [-0.05, 0) is 73.5 Å². The summed E-state index contributed by atoms with van der Waals surface area (Å²) >= 11 is 0. The highest BCUT2D eigenvalue weighted by molar-refractivity contribution is 5.71. The molecule has 1 N–H and O–H groups in total. The second kappa shape index (κ2) is 6.10. The predicted molar refractivity (Wildman–Crippen MR) is 98.4 cm³/mol. The van der Waals surface area contributed by atoms with Crippen LogP contribution in [-0.2, 0) is 14.3 Å². The van der Waals surface area contributed by atoms with Crippen LogP contribution in [0.25, 0.3) is 0 Å². The molecule has 0 bridgehead atoms. The van der Waals surface area contributed by atoms with Gasteiger partial charge in [0, 0.05) is 13.3 Å². The van der Waals surface area contributed by atoms with Crippen molar-refractivity contribution in [2.75, 3.05) is 0 Å². The number of carboxylic acid groups (broad SMARTS) is 1. The molecule has 4 nitrogen and oxygen atoms in total. The second-order valence-electron chi connectivity index (χ2n) is 9.75. The average Bonchev–Trinajstić information content (AvgIpc) is 2.92. The lowest BCUT2D eigenvalue weighted by Crippen LogP contribution is -2.51. The van der Waals surface area contributed by atoms with Gasteiger partial charge in [-0.1, -0.05) is 25.5 Å². The van der Waals surface area contributed by atoms with Crippen LogP contribution in [-0.4, -0.2) is 23.1 Å². The third-order valence-corrected chi connectivity index (χ3v) is 8.69. The Bertz CT molecular complexity index is 653. The Morgan fingerprint density at radius 2 is 1.88 bits per heavy atom. The molecule has 0 heterocycles. The zero-order valence-electron chi connectivity index (χ0n) is 16.3. The summed E-state index contributed by atoms with van der Waals surface area (Å²) in [7, 11) is 0. The van der Waals surface area contributed by atoms with Gasteiger partial charge >= 0.3 is 11.9 Å². The molecule has 0 aromatic rings. The summed E-state index contributed by atoms with van der Waals surface area (Å²) in [6, 6.07) is 0. The lowest BCUT2D eigenvalue weighted by molar-refractivity contribution is -0.151. The van der Waals surface area contributed by atoms with E-state index in [1.165, 1.54) is 12.5 Å². The molecule has 0 saturated heterocycles. The average molecular weight is 360 g/mol. The van der Waals surface area contributed by atoms with Crippen molar-refractivity contribution in [3.05, 3.63) is 11.6 Å². The first-order chi connectivity index (χ1) is 12.3. The fraction of sp³-hybridized carbons (Fsp3) is 0.818. The number of carboxylic acids is 1. The molecule has 4 aliphatic rings. The lowest BCUT2D eigenvalue weighted by Gasteiger charge is -2.57. The normalized spacial score (nSPS) is 47.2. The van der Waals surface area contributed by atoms with Gasteiger partial charge in [0.15, 0.2) is 0 Å². The summed E-state index contributed by atoms with van der Waals surface area (Å²) in [6.45, 7) is 6.17. The number of rotatable bonds is 2. The molecule has 26 heavy (non-hydrogen) atoms. The molecule has 0 aromatic carbocycles. The number of hydrogen-bond donors (Lipinski definition) is 1. The molecule has 3 fully saturated rings. The van der Waals surface area contributed by atoms with Crippen LogP contribution in [0.1, 0.15) is 72.1 Å². The summed E-state index contributed by atoms with van der Waals surface area (Å²) in [4.78, 5) is 23.1. The molecule has 4 aliphatic carbocycles. The van der Waals surface area contributed by atoms with Crippen molar-refractivity contribution in [2.45, 2.75) is 78.2 Å². The Kier molecular flexibility index (Phi) is 4.24. The maximum atomic E-state index is 11.8. The van der Waals surface area contributed by atoms with Crippen molar-refractivity contribution < 1.29 is 19.4 Å². The Morgan fingerprint density at radius 1 is 1.12 bits per heavy atom. The third kappa shape index (κ3) is 2.55. The SMILES string of the molecule is CC(=O)O[C@@H]1CC[C@@]2(C)C(=CC[C@@H]3[C@@H]4CC[C@@H](C(=O)O)[C@@]4(C)CC[C@@H]32)C1. The quantitative estimate of drug-likeness (QED) is 0.578. The fourth-order valence-corrected chi connectivity index (χ4v) is 7.37. The van der Waals surface area contributed by atoms with E-state index in [9.17, 15) is 14.7 Å². The molecule has 144 valence electrons. The van der Waals surface area contributed by atoms with Crippen molar-refractivity contribution >= 4 is 11.9 Å². The zero-order valence-corrected chi connectivity index (χ0v) is 16.3. The lowest BCUT2D eigenvalue weighted by atomic mass is 9.47. The van der Waals surface area contributed by atoms with E-state index in [2.05, 4.69) is 19.9 Å². The molecule has 7 atom stereocenters. The molecular weight excluding hydrogens is 328 g/mol. The van der Waals surface area contributed by atoms with Gasteiger partial charge in [0.25, 0.3) is 0 Å². The van der Waals surface area contributed by atoms with Gasteiger partial charge in [-0.3, -0.25) is 9.59 Å². The van der Waals surface area contributed by atoms with Crippen molar-refractivity contribution in [3.63, 3.8) is 0 Å². The molecule has 0 amide bonds. The zero-order chi connectivity index (χ0) is 18.7. The Labute approximate surface area is 156 Å². The van der Waals surface area contributed by atoms with Gasteiger partial charge in [0.1, 0.15) is 6.10 Å². The standard InChI is InChI=1S/C22H32O4/c1-13(23)26-15-8-10-21(2)14(12-15)4-5-16-17-6-7-19(20(24)25)22(17,3)11-9-18(16)21/h4,15-19H,5-12H2,1-3H3,(H,24,25)/t15-,16-,17+,18+,19+,21+,22+/m1/s1. The summed E-state index contributed by atoms with van der Waals surface area (Å²) < 4.78 is 5.50. The Hall–Kier alpha value is -1.32. The highest BCUT2D eigenvalue weighted by atomic mass is 16.5. The van der Waals surface area contributed by atoms with Crippen LogP contribution in [0.2, 0.25) is 0 Å². The fourth-order valence-electron chi connectivity index (χ4n) is 7.37. The van der Waals surface area contributed by atoms with Crippen molar-refractivity contribution in [3.8, 4) is 0 Å². The van der Waals surface area contributed by atoms with Crippen LogP contribution in [0.15, 0.2) is 11.6 Å². The van der Waals surface area contributed by atoms with Crippen LogP contribution in [0.4, 0.5) is 0 Å². The number of carbonyl (C=O) groups excluding carboxylic acids is 1. The van der Waals surface area contributed by atoms with Crippen molar-refractivity contribution in [2.24, 2.45) is 34.5 Å². The Morgan fingerprint density at radius 3 is 2.58 bits per heavy atom. The van der Waals surface area contributed by atoms with Gasteiger partial charge in [0.2, 0.25) is 0 Å². The number of esters is 1. The minimum Gasteiger partial charge on any atom is -0.481 e.